The first-order valence-electron chi connectivity index (χ1n) is 13.3. The van der Waals surface area contributed by atoms with E-state index in [0.717, 1.165) is 56.8 Å². The number of benzene rings is 1. The molecule has 1 saturated carbocycles. The minimum absolute atomic E-state index is 0.154. The van der Waals surface area contributed by atoms with Gasteiger partial charge in [-0.25, -0.2) is 4.98 Å². The van der Waals surface area contributed by atoms with E-state index in [-0.39, 0.29) is 17.4 Å². The Kier molecular flexibility index (Phi) is 7.27. The fraction of sp³-hybridized carbons (Fsp3) is 0.552. The quantitative estimate of drug-likeness (QED) is 0.582. The fourth-order valence-electron chi connectivity index (χ4n) is 5.91. The summed E-state index contributed by atoms with van der Waals surface area (Å²) in [5.74, 6) is 0.379. The van der Waals surface area contributed by atoms with E-state index in [1.165, 1.54) is 43.0 Å². The van der Waals surface area contributed by atoms with Gasteiger partial charge in [0.15, 0.2) is 11.5 Å². The molecule has 0 bridgehead atoms. The number of aromatic nitrogens is 2. The maximum Gasteiger partial charge on any atom is 0.291 e. The molecule has 1 aliphatic heterocycles. The lowest BCUT2D eigenvalue weighted by atomic mass is 9.76. The van der Waals surface area contributed by atoms with E-state index in [1.807, 2.05) is 6.07 Å². The lowest BCUT2D eigenvalue weighted by Crippen LogP contribution is -2.44. The summed E-state index contributed by atoms with van der Waals surface area (Å²) in [7, 11) is 0. The summed E-state index contributed by atoms with van der Waals surface area (Å²) in [5.41, 5.74) is 5.14. The number of nitrogens with zero attached hydrogens (tertiary/aromatic N) is 3. The number of ether oxygens (including phenoxy) is 1. The third kappa shape index (κ3) is 5.55. The summed E-state index contributed by atoms with van der Waals surface area (Å²) in [6.45, 7) is 8.47. The van der Waals surface area contributed by atoms with Crippen molar-refractivity contribution in [1.29, 1.82) is 5.26 Å². The Morgan fingerprint density at radius 1 is 1.22 bits per heavy atom. The Labute approximate surface area is 213 Å². The molecule has 190 valence electrons. The van der Waals surface area contributed by atoms with Crippen LogP contribution in [0.1, 0.15) is 92.2 Å². The van der Waals surface area contributed by atoms with Crippen LogP contribution in [0.4, 0.5) is 5.69 Å². The molecule has 2 N–H and O–H groups in total. The van der Waals surface area contributed by atoms with Crippen LogP contribution in [-0.2, 0) is 4.74 Å². The summed E-state index contributed by atoms with van der Waals surface area (Å²) in [4.78, 5) is 22.4. The lowest BCUT2D eigenvalue weighted by molar-refractivity contribution is 0.00729. The Bertz CT molecular complexity index is 1160. The van der Waals surface area contributed by atoms with Gasteiger partial charge in [0.2, 0.25) is 0 Å². The number of hydrogen-bond donors (Lipinski definition) is 2. The number of imidazole rings is 1. The van der Waals surface area contributed by atoms with Crippen LogP contribution in [0.25, 0.3) is 5.57 Å². The minimum Gasteiger partial charge on any atom is -0.379 e. The number of allylic oxidation sites excluding steroid dienone is 2. The minimum atomic E-state index is -0.326. The first kappa shape index (κ1) is 24.7. The average Bonchev–Trinajstić information content (AvgIpc) is 3.39. The topological polar surface area (TPSA) is 94.0 Å². The van der Waals surface area contributed by atoms with Crippen molar-refractivity contribution in [2.24, 2.45) is 5.41 Å². The van der Waals surface area contributed by atoms with Crippen LogP contribution in [0.5, 0.6) is 0 Å². The second-order valence-electron chi connectivity index (χ2n) is 11.3. The van der Waals surface area contributed by atoms with E-state index in [4.69, 9.17) is 10.00 Å². The smallest absolute Gasteiger partial charge is 0.291 e. The van der Waals surface area contributed by atoms with E-state index < -0.39 is 0 Å². The van der Waals surface area contributed by atoms with Crippen molar-refractivity contribution in [3.63, 3.8) is 0 Å². The molecule has 0 radical (unpaired) electrons. The molecule has 1 saturated heterocycles. The highest BCUT2D eigenvalue weighted by Gasteiger charge is 2.29. The molecular weight excluding hydrogens is 450 g/mol. The SMILES string of the molecule is CC1(C)CC=C(c2cc(C3CCC(N4CCOCC4)CC3)ccc2NC(=O)c2nc(C#N)c[nH]2)CC1. The van der Waals surface area contributed by atoms with Crippen LogP contribution in [0.15, 0.2) is 30.5 Å². The van der Waals surface area contributed by atoms with Gasteiger partial charge in [0.25, 0.3) is 5.91 Å². The molecule has 7 heteroatoms. The monoisotopic (exact) mass is 487 g/mol. The summed E-state index contributed by atoms with van der Waals surface area (Å²) in [5, 5.41) is 12.1. The van der Waals surface area contributed by atoms with Gasteiger partial charge in [-0.15, -0.1) is 0 Å². The van der Waals surface area contributed by atoms with Crippen LogP contribution in [0.2, 0.25) is 0 Å². The van der Waals surface area contributed by atoms with E-state index in [1.54, 1.807) is 0 Å². The number of amides is 1. The molecule has 0 unspecified atom stereocenters. The molecular formula is C29H37N5O2. The molecule has 5 rings (SSSR count). The van der Waals surface area contributed by atoms with Crippen LogP contribution >= 0.6 is 0 Å². The van der Waals surface area contributed by atoms with Crippen molar-refractivity contribution in [1.82, 2.24) is 14.9 Å². The summed E-state index contributed by atoms with van der Waals surface area (Å²) in [6, 6.07) is 9.21. The molecule has 2 heterocycles. The second-order valence-corrected chi connectivity index (χ2v) is 11.3. The van der Waals surface area contributed by atoms with Gasteiger partial charge in [-0.1, -0.05) is 26.0 Å². The Hall–Kier alpha value is -2.95. The number of hydrogen-bond acceptors (Lipinski definition) is 5. The molecule has 36 heavy (non-hydrogen) atoms. The van der Waals surface area contributed by atoms with Gasteiger partial charge in [-0.2, -0.15) is 5.26 Å². The Morgan fingerprint density at radius 3 is 2.67 bits per heavy atom. The number of anilines is 1. The maximum atomic E-state index is 12.9. The number of aromatic amines is 1. The number of H-pyrrole nitrogens is 1. The predicted molar refractivity (Wildman–Crippen MR) is 141 cm³/mol. The third-order valence-electron chi connectivity index (χ3n) is 8.25. The van der Waals surface area contributed by atoms with Crippen molar-refractivity contribution in [3.8, 4) is 6.07 Å². The van der Waals surface area contributed by atoms with Crippen molar-refractivity contribution >= 4 is 17.2 Å². The van der Waals surface area contributed by atoms with Crippen LogP contribution in [-0.4, -0.2) is 53.1 Å². The molecule has 1 aromatic heterocycles. The molecule has 2 aromatic rings. The number of rotatable bonds is 5. The number of morpholine rings is 1. The van der Waals surface area contributed by atoms with E-state index in [9.17, 15) is 4.79 Å². The van der Waals surface area contributed by atoms with E-state index in [0.29, 0.717) is 17.4 Å². The molecule has 2 fully saturated rings. The molecule has 3 aliphatic rings. The highest BCUT2D eigenvalue weighted by Crippen LogP contribution is 2.42. The van der Waals surface area contributed by atoms with Gasteiger partial charge in [0, 0.05) is 36.6 Å². The highest BCUT2D eigenvalue weighted by atomic mass is 16.5. The van der Waals surface area contributed by atoms with Gasteiger partial charge >= 0.3 is 0 Å². The predicted octanol–water partition coefficient (Wildman–Crippen LogP) is 5.49. The highest BCUT2D eigenvalue weighted by molar-refractivity contribution is 6.03. The zero-order chi connectivity index (χ0) is 25.1. The normalized spacial score (nSPS) is 24.5. The van der Waals surface area contributed by atoms with Gasteiger partial charge < -0.3 is 15.0 Å². The first-order chi connectivity index (χ1) is 17.4. The molecule has 2 aliphatic carbocycles. The van der Waals surface area contributed by atoms with Crippen LogP contribution in [0, 0.1) is 16.7 Å². The van der Waals surface area contributed by atoms with Crippen molar-refractivity contribution in [2.45, 2.75) is 70.8 Å². The molecule has 0 atom stereocenters. The molecule has 0 spiro atoms. The molecule has 7 nitrogen and oxygen atoms in total. The van der Waals surface area contributed by atoms with E-state index >= 15 is 0 Å². The zero-order valence-corrected chi connectivity index (χ0v) is 21.5. The van der Waals surface area contributed by atoms with Crippen molar-refractivity contribution < 1.29 is 9.53 Å². The van der Waals surface area contributed by atoms with Crippen molar-refractivity contribution in [3.05, 3.63) is 53.1 Å². The second kappa shape index (κ2) is 10.6. The van der Waals surface area contributed by atoms with Gasteiger partial charge in [-0.3, -0.25) is 9.69 Å². The number of nitrogens with one attached hydrogen (secondary N) is 2. The molecule has 1 amide bonds. The van der Waals surface area contributed by atoms with E-state index in [2.05, 4.69) is 58.3 Å². The standard InChI is InChI=1S/C29H37N5O2/c1-29(2)11-9-21(10-12-29)25-17-22(20-3-6-24(7-4-20)34-13-15-36-16-14-34)5-8-26(25)33-28(35)27-31-19-23(18-30)32-27/h5,8-9,17,19-20,24H,3-4,6-7,10-16H2,1-2H3,(H,31,32)(H,33,35). The maximum absolute atomic E-state index is 12.9. The summed E-state index contributed by atoms with van der Waals surface area (Å²) < 4.78 is 5.54. The zero-order valence-electron chi connectivity index (χ0n) is 21.5. The number of nitriles is 1. The summed E-state index contributed by atoms with van der Waals surface area (Å²) >= 11 is 0. The van der Waals surface area contributed by atoms with Gasteiger partial charge in [-0.05, 0) is 79.5 Å². The first-order valence-corrected chi connectivity index (χ1v) is 13.3. The van der Waals surface area contributed by atoms with Crippen LogP contribution in [0.3, 0.4) is 0 Å². The summed E-state index contributed by atoms with van der Waals surface area (Å²) in [6.07, 6.45) is 11.8. The van der Waals surface area contributed by atoms with Gasteiger partial charge in [0.1, 0.15) is 6.07 Å². The largest absolute Gasteiger partial charge is 0.379 e. The lowest BCUT2D eigenvalue weighted by Gasteiger charge is -2.39. The van der Waals surface area contributed by atoms with Gasteiger partial charge in [0.05, 0.1) is 13.2 Å². The number of carbonyl (C=O) groups excluding carboxylic acids is 1. The third-order valence-corrected chi connectivity index (χ3v) is 8.25. The Morgan fingerprint density at radius 2 is 2.00 bits per heavy atom. The van der Waals surface area contributed by atoms with Crippen LogP contribution < -0.4 is 5.32 Å². The fourth-order valence-corrected chi connectivity index (χ4v) is 5.91. The molecule has 1 aromatic carbocycles. The number of carbonyl (C=O) groups is 1. The Balaban J connectivity index is 1.36. The van der Waals surface area contributed by atoms with Crippen molar-refractivity contribution in [2.75, 3.05) is 31.6 Å². The average molecular weight is 488 g/mol.